The SMILES string of the molecule is O=S(=O)(c1ccc(F)cc1)N1CC[CH]CC1. The van der Waals surface area contributed by atoms with Gasteiger partial charge in [-0.2, -0.15) is 4.31 Å². The Labute approximate surface area is 94.9 Å². The van der Waals surface area contributed by atoms with Crippen molar-refractivity contribution in [2.24, 2.45) is 0 Å². The van der Waals surface area contributed by atoms with E-state index in [1.807, 2.05) is 0 Å². The van der Waals surface area contributed by atoms with E-state index in [0.29, 0.717) is 13.1 Å². The molecule has 16 heavy (non-hydrogen) atoms. The van der Waals surface area contributed by atoms with Crippen LogP contribution in [0, 0.1) is 12.2 Å². The van der Waals surface area contributed by atoms with Crippen LogP contribution >= 0.6 is 0 Å². The Balaban J connectivity index is 2.27. The normalized spacial score (nSPS) is 18.6. The van der Waals surface area contributed by atoms with Crippen LogP contribution in [-0.2, 0) is 10.0 Å². The molecule has 5 heteroatoms. The van der Waals surface area contributed by atoms with Crippen molar-refractivity contribution in [1.29, 1.82) is 0 Å². The van der Waals surface area contributed by atoms with Gasteiger partial charge in [-0.05, 0) is 43.5 Å². The molecular weight excluding hydrogens is 229 g/mol. The fraction of sp³-hybridized carbons (Fsp3) is 0.364. The fourth-order valence-electron chi connectivity index (χ4n) is 1.72. The van der Waals surface area contributed by atoms with Crippen LogP contribution in [0.1, 0.15) is 12.8 Å². The molecule has 87 valence electrons. The third-order valence-electron chi connectivity index (χ3n) is 2.62. The maximum Gasteiger partial charge on any atom is 0.243 e. The molecule has 0 unspecified atom stereocenters. The third-order valence-corrected chi connectivity index (χ3v) is 4.53. The number of nitrogens with zero attached hydrogens (tertiary/aromatic N) is 1. The molecule has 1 fully saturated rings. The molecule has 1 aliphatic rings. The first-order chi connectivity index (χ1) is 7.60. The van der Waals surface area contributed by atoms with Gasteiger partial charge in [-0.25, -0.2) is 12.8 Å². The van der Waals surface area contributed by atoms with Gasteiger partial charge < -0.3 is 0 Å². The third kappa shape index (κ3) is 2.25. The van der Waals surface area contributed by atoms with E-state index in [1.54, 1.807) is 0 Å². The summed E-state index contributed by atoms with van der Waals surface area (Å²) in [4.78, 5) is 0.163. The molecular formula is C11H13FNO2S. The topological polar surface area (TPSA) is 37.4 Å². The van der Waals surface area contributed by atoms with Crippen LogP contribution in [-0.4, -0.2) is 25.8 Å². The molecule has 1 aromatic rings. The second-order valence-corrected chi connectivity index (χ2v) is 5.66. The van der Waals surface area contributed by atoms with E-state index in [1.165, 1.54) is 28.6 Å². The standard InChI is InChI=1S/C11H13FNO2S/c12-10-4-6-11(7-5-10)16(14,15)13-8-2-1-3-9-13/h1,4-7H,2-3,8-9H2. The molecule has 0 aromatic heterocycles. The number of rotatable bonds is 2. The minimum Gasteiger partial charge on any atom is -0.207 e. The predicted octanol–water partition coefficient (Wildman–Crippen LogP) is 1.81. The first-order valence-electron chi connectivity index (χ1n) is 5.18. The molecule has 0 bridgehead atoms. The van der Waals surface area contributed by atoms with Gasteiger partial charge in [-0.1, -0.05) is 0 Å². The lowest BCUT2D eigenvalue weighted by molar-refractivity contribution is 0.384. The van der Waals surface area contributed by atoms with Gasteiger partial charge in [0.2, 0.25) is 10.0 Å². The van der Waals surface area contributed by atoms with E-state index in [9.17, 15) is 12.8 Å². The van der Waals surface area contributed by atoms with Gasteiger partial charge in [0.1, 0.15) is 5.82 Å². The van der Waals surface area contributed by atoms with Crippen molar-refractivity contribution < 1.29 is 12.8 Å². The van der Waals surface area contributed by atoms with E-state index in [4.69, 9.17) is 0 Å². The molecule has 1 saturated heterocycles. The summed E-state index contributed by atoms with van der Waals surface area (Å²) < 4.78 is 38.3. The van der Waals surface area contributed by atoms with Gasteiger partial charge in [0.05, 0.1) is 4.90 Å². The zero-order chi connectivity index (χ0) is 11.6. The van der Waals surface area contributed by atoms with Crippen LogP contribution in [0.2, 0.25) is 0 Å². The Hall–Kier alpha value is -0.940. The maximum absolute atomic E-state index is 12.7. The van der Waals surface area contributed by atoms with Gasteiger partial charge in [0, 0.05) is 13.1 Å². The van der Waals surface area contributed by atoms with Gasteiger partial charge in [-0.3, -0.25) is 0 Å². The number of piperidine rings is 1. The molecule has 2 rings (SSSR count). The summed E-state index contributed by atoms with van der Waals surface area (Å²) in [7, 11) is -3.43. The van der Waals surface area contributed by atoms with Gasteiger partial charge in [0.25, 0.3) is 0 Å². The zero-order valence-corrected chi connectivity index (χ0v) is 9.58. The summed E-state index contributed by atoms with van der Waals surface area (Å²) in [6.45, 7) is 1.03. The summed E-state index contributed by atoms with van der Waals surface area (Å²) >= 11 is 0. The molecule has 0 N–H and O–H groups in total. The Morgan fingerprint density at radius 3 is 2.19 bits per heavy atom. The Kier molecular flexibility index (Phi) is 3.25. The van der Waals surface area contributed by atoms with E-state index < -0.39 is 15.8 Å². The van der Waals surface area contributed by atoms with Crippen LogP contribution < -0.4 is 0 Å². The molecule has 0 aliphatic carbocycles. The number of halogens is 1. The number of hydrogen-bond donors (Lipinski definition) is 0. The van der Waals surface area contributed by atoms with Crippen molar-refractivity contribution >= 4 is 10.0 Å². The van der Waals surface area contributed by atoms with Crippen molar-refractivity contribution in [3.05, 3.63) is 36.5 Å². The first kappa shape index (κ1) is 11.5. The average Bonchev–Trinajstić information content (AvgIpc) is 2.31. The second-order valence-electron chi connectivity index (χ2n) is 3.72. The molecule has 0 amide bonds. The molecule has 1 aromatic carbocycles. The van der Waals surface area contributed by atoms with Crippen molar-refractivity contribution in [2.45, 2.75) is 17.7 Å². The summed E-state index contributed by atoms with van der Waals surface area (Å²) in [6.07, 6.45) is 3.64. The lowest BCUT2D eigenvalue weighted by Crippen LogP contribution is -2.35. The van der Waals surface area contributed by atoms with E-state index in [0.717, 1.165) is 12.8 Å². The minimum atomic E-state index is -3.43. The number of hydrogen-bond acceptors (Lipinski definition) is 2. The molecule has 0 saturated carbocycles. The average molecular weight is 242 g/mol. The van der Waals surface area contributed by atoms with Crippen LogP contribution in [0.4, 0.5) is 4.39 Å². The largest absolute Gasteiger partial charge is 0.243 e. The molecule has 1 radical (unpaired) electrons. The zero-order valence-electron chi connectivity index (χ0n) is 8.77. The molecule has 1 aliphatic heterocycles. The van der Waals surface area contributed by atoms with E-state index in [-0.39, 0.29) is 4.90 Å². The maximum atomic E-state index is 12.7. The highest BCUT2D eigenvalue weighted by Gasteiger charge is 2.25. The second kappa shape index (κ2) is 4.51. The van der Waals surface area contributed by atoms with Gasteiger partial charge >= 0.3 is 0 Å². The molecule has 0 atom stereocenters. The highest BCUT2D eigenvalue weighted by Crippen LogP contribution is 2.20. The van der Waals surface area contributed by atoms with Gasteiger partial charge in [0.15, 0.2) is 0 Å². The predicted molar refractivity (Wildman–Crippen MR) is 58.7 cm³/mol. The van der Waals surface area contributed by atoms with E-state index >= 15 is 0 Å². The first-order valence-corrected chi connectivity index (χ1v) is 6.62. The van der Waals surface area contributed by atoms with Crippen LogP contribution in [0.3, 0.4) is 0 Å². The quantitative estimate of drug-likeness (QED) is 0.793. The highest BCUT2D eigenvalue weighted by atomic mass is 32.2. The van der Waals surface area contributed by atoms with Crippen molar-refractivity contribution in [3.8, 4) is 0 Å². The van der Waals surface area contributed by atoms with Crippen molar-refractivity contribution in [1.82, 2.24) is 4.31 Å². The molecule has 0 spiro atoms. The van der Waals surface area contributed by atoms with Crippen LogP contribution in [0.25, 0.3) is 0 Å². The number of sulfonamides is 1. The van der Waals surface area contributed by atoms with Gasteiger partial charge in [-0.15, -0.1) is 0 Å². The highest BCUT2D eigenvalue weighted by molar-refractivity contribution is 7.89. The summed E-state index contributed by atoms with van der Waals surface area (Å²) in [5, 5.41) is 0. The fourth-order valence-corrected chi connectivity index (χ4v) is 3.19. The Bertz CT molecular complexity index is 449. The summed E-state index contributed by atoms with van der Waals surface area (Å²) in [5.41, 5.74) is 0. The minimum absolute atomic E-state index is 0.163. The number of benzene rings is 1. The molecule has 1 heterocycles. The van der Waals surface area contributed by atoms with Crippen molar-refractivity contribution in [2.75, 3.05) is 13.1 Å². The lowest BCUT2D eigenvalue weighted by Gasteiger charge is -2.25. The monoisotopic (exact) mass is 242 g/mol. The lowest BCUT2D eigenvalue weighted by atomic mass is 10.2. The van der Waals surface area contributed by atoms with Crippen LogP contribution in [0.15, 0.2) is 29.2 Å². The summed E-state index contributed by atoms with van der Waals surface area (Å²) in [6, 6.07) is 4.96. The molecule has 3 nitrogen and oxygen atoms in total. The smallest absolute Gasteiger partial charge is 0.207 e. The Morgan fingerprint density at radius 2 is 1.62 bits per heavy atom. The Morgan fingerprint density at radius 1 is 1.06 bits per heavy atom. The van der Waals surface area contributed by atoms with Crippen LogP contribution in [0.5, 0.6) is 0 Å². The van der Waals surface area contributed by atoms with E-state index in [2.05, 4.69) is 6.42 Å². The van der Waals surface area contributed by atoms with Crippen molar-refractivity contribution in [3.63, 3.8) is 0 Å². The summed E-state index contributed by atoms with van der Waals surface area (Å²) in [5.74, 6) is -0.425.